The average Bonchev–Trinajstić information content (AvgIpc) is 3.16. The Bertz CT molecular complexity index is 856. The number of anilines is 1. The Labute approximate surface area is 150 Å². The van der Waals surface area contributed by atoms with E-state index in [1.165, 1.54) is 12.1 Å². The van der Waals surface area contributed by atoms with Crippen molar-refractivity contribution in [3.05, 3.63) is 69.3 Å². The molecule has 0 bridgehead atoms. The maximum absolute atomic E-state index is 12.4. The molecule has 1 aliphatic heterocycles. The summed E-state index contributed by atoms with van der Waals surface area (Å²) in [6.07, 6.45) is 2.06. The van der Waals surface area contributed by atoms with Gasteiger partial charge in [0.05, 0.1) is 4.92 Å². The van der Waals surface area contributed by atoms with Gasteiger partial charge in [-0.2, -0.15) is 0 Å². The van der Waals surface area contributed by atoms with Crippen LogP contribution in [0.2, 0.25) is 0 Å². The summed E-state index contributed by atoms with van der Waals surface area (Å²) < 4.78 is 0. The van der Waals surface area contributed by atoms with Crippen molar-refractivity contribution in [3.63, 3.8) is 0 Å². The maximum Gasteiger partial charge on any atom is 0.270 e. The van der Waals surface area contributed by atoms with E-state index in [9.17, 15) is 19.7 Å². The third kappa shape index (κ3) is 3.72. The van der Waals surface area contributed by atoms with E-state index in [4.69, 9.17) is 0 Å². The number of amides is 2. The first-order valence-electron chi connectivity index (χ1n) is 8.41. The highest BCUT2D eigenvalue weighted by molar-refractivity contribution is 6.06. The molecule has 0 aliphatic carbocycles. The Morgan fingerprint density at radius 3 is 2.35 bits per heavy atom. The second kappa shape index (κ2) is 7.35. The summed E-state index contributed by atoms with van der Waals surface area (Å²) in [5, 5.41) is 13.6. The van der Waals surface area contributed by atoms with Gasteiger partial charge in [0.25, 0.3) is 17.5 Å². The van der Waals surface area contributed by atoms with Gasteiger partial charge in [-0.3, -0.25) is 19.7 Å². The van der Waals surface area contributed by atoms with Crippen LogP contribution in [-0.4, -0.2) is 34.7 Å². The van der Waals surface area contributed by atoms with E-state index in [1.807, 2.05) is 4.90 Å². The van der Waals surface area contributed by atoms with Crippen molar-refractivity contribution in [3.8, 4) is 0 Å². The van der Waals surface area contributed by atoms with Gasteiger partial charge in [-0.25, -0.2) is 0 Å². The number of nitro groups is 1. The van der Waals surface area contributed by atoms with Crippen molar-refractivity contribution in [1.82, 2.24) is 4.90 Å². The van der Waals surface area contributed by atoms with Gasteiger partial charge in [-0.15, -0.1) is 0 Å². The first-order chi connectivity index (χ1) is 12.5. The van der Waals surface area contributed by atoms with Crippen molar-refractivity contribution in [2.45, 2.75) is 19.8 Å². The molecule has 26 heavy (non-hydrogen) atoms. The predicted octanol–water partition coefficient (Wildman–Crippen LogP) is 3.39. The fraction of sp³-hybridized carbons (Fsp3) is 0.263. The lowest BCUT2D eigenvalue weighted by Crippen LogP contribution is -2.27. The number of likely N-dealkylation sites (tertiary alicyclic amines) is 1. The van der Waals surface area contributed by atoms with E-state index in [1.54, 1.807) is 37.3 Å². The highest BCUT2D eigenvalue weighted by Crippen LogP contribution is 2.20. The zero-order valence-corrected chi connectivity index (χ0v) is 14.4. The first kappa shape index (κ1) is 17.6. The summed E-state index contributed by atoms with van der Waals surface area (Å²) in [6.45, 7) is 3.28. The minimum Gasteiger partial charge on any atom is -0.339 e. The third-order valence-corrected chi connectivity index (χ3v) is 4.46. The number of nitrogens with zero attached hydrogens (tertiary/aromatic N) is 2. The van der Waals surface area contributed by atoms with Crippen molar-refractivity contribution in [2.75, 3.05) is 18.4 Å². The van der Waals surface area contributed by atoms with Gasteiger partial charge >= 0.3 is 0 Å². The average molecular weight is 353 g/mol. The number of hydrogen-bond donors (Lipinski definition) is 1. The van der Waals surface area contributed by atoms with Crippen LogP contribution in [0.3, 0.4) is 0 Å². The molecule has 1 N–H and O–H groups in total. The van der Waals surface area contributed by atoms with E-state index in [0.29, 0.717) is 16.8 Å². The summed E-state index contributed by atoms with van der Waals surface area (Å²) in [5.41, 5.74) is 1.87. The van der Waals surface area contributed by atoms with Gasteiger partial charge in [0.1, 0.15) is 0 Å². The molecule has 1 heterocycles. The largest absolute Gasteiger partial charge is 0.339 e. The molecule has 0 saturated carbocycles. The topological polar surface area (TPSA) is 92.5 Å². The Balaban J connectivity index is 1.73. The first-order valence-corrected chi connectivity index (χ1v) is 8.41. The second-order valence-corrected chi connectivity index (χ2v) is 6.29. The molecule has 2 amide bonds. The van der Waals surface area contributed by atoms with Crippen molar-refractivity contribution in [2.24, 2.45) is 0 Å². The number of rotatable bonds is 4. The number of aryl methyl sites for hydroxylation is 1. The zero-order chi connectivity index (χ0) is 18.7. The molecule has 0 spiro atoms. The molecule has 2 aromatic carbocycles. The minimum atomic E-state index is -0.533. The van der Waals surface area contributed by atoms with Crippen molar-refractivity contribution < 1.29 is 14.5 Å². The van der Waals surface area contributed by atoms with E-state index in [-0.39, 0.29) is 17.2 Å². The third-order valence-electron chi connectivity index (χ3n) is 4.46. The number of hydrogen-bond acceptors (Lipinski definition) is 4. The summed E-state index contributed by atoms with van der Waals surface area (Å²) in [5.74, 6) is -0.431. The van der Waals surface area contributed by atoms with Crippen molar-refractivity contribution in [1.29, 1.82) is 0 Å². The molecular weight excluding hydrogens is 334 g/mol. The van der Waals surface area contributed by atoms with Crippen LogP contribution >= 0.6 is 0 Å². The number of carbonyl (C=O) groups is 2. The van der Waals surface area contributed by atoms with Crippen LogP contribution in [0.5, 0.6) is 0 Å². The molecule has 0 atom stereocenters. The second-order valence-electron chi connectivity index (χ2n) is 6.29. The summed E-state index contributed by atoms with van der Waals surface area (Å²) in [4.78, 5) is 36.9. The highest BCUT2D eigenvalue weighted by Gasteiger charge is 2.19. The Morgan fingerprint density at radius 2 is 1.73 bits per heavy atom. The molecule has 2 aromatic rings. The fourth-order valence-corrected chi connectivity index (χ4v) is 2.97. The van der Waals surface area contributed by atoms with Gasteiger partial charge in [-0.05, 0) is 49.6 Å². The van der Waals surface area contributed by atoms with Crippen LogP contribution in [0.1, 0.15) is 39.1 Å². The monoisotopic (exact) mass is 353 g/mol. The molecule has 0 radical (unpaired) electrons. The van der Waals surface area contributed by atoms with Crippen molar-refractivity contribution >= 4 is 23.2 Å². The van der Waals surface area contributed by atoms with E-state index in [0.717, 1.165) is 25.9 Å². The molecular formula is C19H19N3O4. The van der Waals surface area contributed by atoms with Gasteiger partial charge in [0.15, 0.2) is 0 Å². The number of carbonyl (C=O) groups excluding carboxylic acids is 2. The number of benzene rings is 2. The van der Waals surface area contributed by atoms with Crippen LogP contribution in [0.4, 0.5) is 11.4 Å². The lowest BCUT2D eigenvalue weighted by molar-refractivity contribution is -0.384. The molecule has 0 unspecified atom stereocenters. The van der Waals surface area contributed by atoms with E-state index in [2.05, 4.69) is 5.32 Å². The highest BCUT2D eigenvalue weighted by atomic mass is 16.6. The van der Waals surface area contributed by atoms with E-state index >= 15 is 0 Å². The quantitative estimate of drug-likeness (QED) is 0.673. The molecule has 1 fully saturated rings. The molecule has 7 heteroatoms. The molecule has 1 aliphatic rings. The number of non-ortho nitro benzene ring substituents is 1. The van der Waals surface area contributed by atoms with Crippen LogP contribution in [0.15, 0.2) is 42.5 Å². The van der Waals surface area contributed by atoms with Gasteiger partial charge in [-0.1, -0.05) is 6.07 Å². The molecule has 1 saturated heterocycles. The van der Waals surface area contributed by atoms with Crippen LogP contribution in [0.25, 0.3) is 0 Å². The Hall–Kier alpha value is -3.22. The zero-order valence-electron chi connectivity index (χ0n) is 14.4. The predicted molar refractivity (Wildman–Crippen MR) is 97.4 cm³/mol. The standard InChI is InChI=1S/C19H19N3O4/c1-13-4-9-16(22(25)26)12-17(13)18(23)20-15-7-5-14(6-8-15)19(24)21-10-2-3-11-21/h4-9,12H,2-3,10-11H2,1H3,(H,20,23). The molecule has 0 aromatic heterocycles. The summed E-state index contributed by atoms with van der Waals surface area (Å²) in [7, 11) is 0. The Kier molecular flexibility index (Phi) is 4.97. The summed E-state index contributed by atoms with van der Waals surface area (Å²) >= 11 is 0. The normalized spacial score (nSPS) is 13.5. The molecule has 7 nitrogen and oxygen atoms in total. The van der Waals surface area contributed by atoms with Crippen LogP contribution in [-0.2, 0) is 0 Å². The molecule has 3 rings (SSSR count). The smallest absolute Gasteiger partial charge is 0.270 e. The lowest BCUT2D eigenvalue weighted by atomic mass is 10.1. The van der Waals surface area contributed by atoms with Crippen LogP contribution in [0, 0.1) is 17.0 Å². The SMILES string of the molecule is Cc1ccc([N+](=O)[O-])cc1C(=O)Nc1ccc(C(=O)N2CCCC2)cc1. The fourth-order valence-electron chi connectivity index (χ4n) is 2.97. The van der Waals surface area contributed by atoms with Gasteiger partial charge in [0, 0.05) is 42.0 Å². The molecule has 134 valence electrons. The summed E-state index contributed by atoms with van der Waals surface area (Å²) in [6, 6.07) is 10.8. The number of nitro benzene ring substituents is 1. The van der Waals surface area contributed by atoms with Gasteiger partial charge < -0.3 is 10.2 Å². The number of nitrogens with one attached hydrogen (secondary N) is 1. The maximum atomic E-state index is 12.4. The van der Waals surface area contributed by atoms with E-state index < -0.39 is 10.8 Å². The van der Waals surface area contributed by atoms with Crippen LogP contribution < -0.4 is 5.32 Å². The minimum absolute atomic E-state index is 0.00472. The lowest BCUT2D eigenvalue weighted by Gasteiger charge is -2.15. The van der Waals surface area contributed by atoms with Gasteiger partial charge in [0.2, 0.25) is 0 Å². The Morgan fingerprint density at radius 1 is 1.08 bits per heavy atom.